The molecule has 6 nitrogen and oxygen atoms in total. The summed E-state index contributed by atoms with van der Waals surface area (Å²) in [4.78, 5) is 4.77. The summed E-state index contributed by atoms with van der Waals surface area (Å²) in [5, 5.41) is 4.09. The summed E-state index contributed by atoms with van der Waals surface area (Å²) in [5.74, 6) is 1.60. The molecule has 1 heterocycles. The lowest BCUT2D eigenvalue weighted by Gasteiger charge is -2.17. The number of nitrogens with one attached hydrogen (secondary N) is 1. The van der Waals surface area contributed by atoms with E-state index in [0.29, 0.717) is 23.3 Å². The van der Waals surface area contributed by atoms with Gasteiger partial charge >= 0.3 is 0 Å². The van der Waals surface area contributed by atoms with Crippen molar-refractivity contribution >= 4 is 15.7 Å². The third-order valence-electron chi connectivity index (χ3n) is 4.84. The van der Waals surface area contributed by atoms with Gasteiger partial charge in [0.2, 0.25) is 11.7 Å². The van der Waals surface area contributed by atoms with E-state index in [0.717, 1.165) is 18.4 Å². The van der Waals surface area contributed by atoms with Crippen LogP contribution in [0.4, 0.5) is 5.69 Å². The summed E-state index contributed by atoms with van der Waals surface area (Å²) in [6.45, 7) is 0. The number of benzene rings is 2. The van der Waals surface area contributed by atoms with Gasteiger partial charge in [-0.2, -0.15) is 4.98 Å². The average molecular weight is 383 g/mol. The molecule has 0 atom stereocenters. The van der Waals surface area contributed by atoms with Gasteiger partial charge in [-0.05, 0) is 49.2 Å². The Balaban J connectivity index is 1.49. The topological polar surface area (TPSA) is 85.1 Å². The SMILES string of the molecule is O=S(=O)(Nc1ccc(-c2noc(C3CCCCC3)n2)cc1)c1ccccc1. The zero-order valence-corrected chi connectivity index (χ0v) is 15.7. The van der Waals surface area contributed by atoms with Gasteiger partial charge in [-0.3, -0.25) is 4.72 Å². The van der Waals surface area contributed by atoms with E-state index in [1.807, 2.05) is 0 Å². The number of sulfonamides is 1. The minimum Gasteiger partial charge on any atom is -0.339 e. The molecule has 0 saturated heterocycles. The maximum atomic E-state index is 12.4. The molecule has 0 spiro atoms. The highest BCUT2D eigenvalue weighted by molar-refractivity contribution is 7.92. The molecule has 1 aromatic heterocycles. The fraction of sp³-hybridized carbons (Fsp3) is 0.300. The summed E-state index contributed by atoms with van der Waals surface area (Å²) in [6, 6.07) is 15.3. The second-order valence-electron chi connectivity index (χ2n) is 6.79. The predicted octanol–water partition coefficient (Wildman–Crippen LogP) is 4.59. The molecule has 0 amide bonds. The molecule has 1 saturated carbocycles. The van der Waals surface area contributed by atoms with Gasteiger partial charge < -0.3 is 4.52 Å². The fourth-order valence-corrected chi connectivity index (χ4v) is 4.45. The second-order valence-corrected chi connectivity index (χ2v) is 8.47. The van der Waals surface area contributed by atoms with Crippen molar-refractivity contribution in [3.8, 4) is 11.4 Å². The van der Waals surface area contributed by atoms with Crippen LogP contribution in [-0.4, -0.2) is 18.6 Å². The van der Waals surface area contributed by atoms with Crippen LogP contribution in [0.2, 0.25) is 0 Å². The first-order chi connectivity index (χ1) is 13.1. The molecule has 27 heavy (non-hydrogen) atoms. The van der Waals surface area contributed by atoms with Crippen LogP contribution in [0.5, 0.6) is 0 Å². The van der Waals surface area contributed by atoms with Gasteiger partial charge in [-0.1, -0.05) is 42.6 Å². The minimum atomic E-state index is -3.60. The summed E-state index contributed by atoms with van der Waals surface area (Å²) in [7, 11) is -3.60. The summed E-state index contributed by atoms with van der Waals surface area (Å²) in [6.07, 6.45) is 5.89. The second kappa shape index (κ2) is 7.52. The first-order valence-corrected chi connectivity index (χ1v) is 10.6. The number of rotatable bonds is 5. The molecule has 2 aromatic carbocycles. The van der Waals surface area contributed by atoms with Crippen molar-refractivity contribution in [2.24, 2.45) is 0 Å². The van der Waals surface area contributed by atoms with E-state index < -0.39 is 10.0 Å². The van der Waals surface area contributed by atoms with Gasteiger partial charge in [0.05, 0.1) is 4.90 Å². The molecule has 7 heteroatoms. The average Bonchev–Trinajstić information content (AvgIpc) is 3.20. The predicted molar refractivity (Wildman–Crippen MR) is 103 cm³/mol. The van der Waals surface area contributed by atoms with E-state index in [4.69, 9.17) is 4.52 Å². The molecular formula is C20H21N3O3S. The zero-order chi connectivity index (χ0) is 18.7. The van der Waals surface area contributed by atoms with E-state index >= 15 is 0 Å². The van der Waals surface area contributed by atoms with Gasteiger partial charge in [-0.25, -0.2) is 8.42 Å². The molecule has 0 aliphatic heterocycles. The Kier molecular flexibility index (Phi) is 4.94. The Labute approximate surface area is 158 Å². The van der Waals surface area contributed by atoms with Crippen LogP contribution >= 0.6 is 0 Å². The first-order valence-electron chi connectivity index (χ1n) is 9.14. The van der Waals surface area contributed by atoms with Crippen LogP contribution in [0.15, 0.2) is 64.0 Å². The Morgan fingerprint density at radius 3 is 2.33 bits per heavy atom. The zero-order valence-electron chi connectivity index (χ0n) is 14.8. The molecule has 1 N–H and O–H groups in total. The lowest BCUT2D eigenvalue weighted by molar-refractivity contribution is 0.314. The van der Waals surface area contributed by atoms with Crippen molar-refractivity contribution in [2.75, 3.05) is 4.72 Å². The van der Waals surface area contributed by atoms with Gasteiger partial charge in [0.25, 0.3) is 10.0 Å². The van der Waals surface area contributed by atoms with Gasteiger partial charge in [-0.15, -0.1) is 0 Å². The molecule has 1 aliphatic carbocycles. The Bertz CT molecular complexity index is 992. The van der Waals surface area contributed by atoms with Gasteiger partial charge in [0.1, 0.15) is 0 Å². The van der Waals surface area contributed by atoms with Crippen molar-refractivity contribution in [3.05, 3.63) is 60.5 Å². The van der Waals surface area contributed by atoms with Crippen LogP contribution < -0.4 is 4.72 Å². The van der Waals surface area contributed by atoms with E-state index in [9.17, 15) is 8.42 Å². The van der Waals surface area contributed by atoms with Crippen LogP contribution in [-0.2, 0) is 10.0 Å². The number of anilines is 1. The van der Waals surface area contributed by atoms with E-state index in [1.165, 1.54) is 19.3 Å². The minimum absolute atomic E-state index is 0.226. The number of nitrogens with zero attached hydrogens (tertiary/aromatic N) is 2. The van der Waals surface area contributed by atoms with Gasteiger partial charge in [0.15, 0.2) is 0 Å². The third kappa shape index (κ3) is 4.03. The monoisotopic (exact) mass is 383 g/mol. The molecule has 3 aromatic rings. The highest BCUT2D eigenvalue weighted by Crippen LogP contribution is 2.32. The van der Waals surface area contributed by atoms with Crippen LogP contribution in [0.1, 0.15) is 43.9 Å². The Morgan fingerprint density at radius 1 is 0.926 bits per heavy atom. The van der Waals surface area contributed by atoms with Crippen molar-refractivity contribution in [1.82, 2.24) is 10.1 Å². The molecule has 0 radical (unpaired) electrons. The fourth-order valence-electron chi connectivity index (χ4n) is 3.37. The number of hydrogen-bond donors (Lipinski definition) is 1. The van der Waals surface area contributed by atoms with Crippen LogP contribution in [0.25, 0.3) is 11.4 Å². The largest absolute Gasteiger partial charge is 0.339 e. The molecular weight excluding hydrogens is 362 g/mol. The van der Waals surface area contributed by atoms with E-state index in [-0.39, 0.29) is 4.90 Å². The van der Waals surface area contributed by atoms with Crippen molar-refractivity contribution in [3.63, 3.8) is 0 Å². The van der Waals surface area contributed by atoms with Crippen molar-refractivity contribution < 1.29 is 12.9 Å². The highest BCUT2D eigenvalue weighted by Gasteiger charge is 2.22. The van der Waals surface area contributed by atoms with Gasteiger partial charge in [0, 0.05) is 17.2 Å². The molecule has 1 fully saturated rings. The Morgan fingerprint density at radius 2 is 1.63 bits per heavy atom. The van der Waals surface area contributed by atoms with E-state index in [1.54, 1.807) is 54.6 Å². The Hall–Kier alpha value is -2.67. The first kappa shape index (κ1) is 17.7. The number of aromatic nitrogens is 2. The maximum Gasteiger partial charge on any atom is 0.261 e. The summed E-state index contributed by atoms with van der Waals surface area (Å²) < 4.78 is 32.8. The molecule has 4 rings (SSSR count). The lowest BCUT2D eigenvalue weighted by Crippen LogP contribution is -2.12. The molecule has 0 unspecified atom stereocenters. The summed E-state index contributed by atoms with van der Waals surface area (Å²) in [5.41, 5.74) is 1.28. The molecule has 0 bridgehead atoms. The van der Waals surface area contributed by atoms with Crippen LogP contribution in [0, 0.1) is 0 Å². The normalized spacial score (nSPS) is 15.6. The standard InChI is InChI=1S/C20H21N3O3S/c24-27(25,18-9-5-2-6-10-18)23-17-13-11-15(12-14-17)19-21-20(26-22-19)16-7-3-1-4-8-16/h2,5-6,9-14,16,23H,1,3-4,7-8H2. The van der Waals surface area contributed by atoms with Crippen LogP contribution in [0.3, 0.4) is 0 Å². The third-order valence-corrected chi connectivity index (χ3v) is 6.24. The molecule has 140 valence electrons. The molecule has 1 aliphatic rings. The van der Waals surface area contributed by atoms with E-state index in [2.05, 4.69) is 14.9 Å². The summed E-state index contributed by atoms with van der Waals surface area (Å²) >= 11 is 0. The van der Waals surface area contributed by atoms with Crippen molar-refractivity contribution in [2.45, 2.75) is 42.9 Å². The quantitative estimate of drug-likeness (QED) is 0.697. The highest BCUT2D eigenvalue weighted by atomic mass is 32.2. The maximum absolute atomic E-state index is 12.4. The number of hydrogen-bond acceptors (Lipinski definition) is 5. The van der Waals surface area contributed by atoms with Crippen molar-refractivity contribution in [1.29, 1.82) is 0 Å². The lowest BCUT2D eigenvalue weighted by atomic mass is 9.89. The smallest absolute Gasteiger partial charge is 0.261 e.